The first-order chi connectivity index (χ1) is 16.4. The second kappa shape index (κ2) is 15.1. The van der Waals surface area contributed by atoms with Crippen molar-refractivity contribution in [1.82, 2.24) is 5.32 Å². The number of carboxylic acids is 1. The van der Waals surface area contributed by atoms with Crippen LogP contribution in [0.3, 0.4) is 0 Å². The molecule has 9 nitrogen and oxygen atoms in total. The Balaban J connectivity index is 3.03. The summed E-state index contributed by atoms with van der Waals surface area (Å²) in [4.78, 5) is 47.5. The Morgan fingerprint density at radius 3 is 1.91 bits per heavy atom. The minimum absolute atomic E-state index is 0.0697. The molecule has 1 aromatic carbocycles. The van der Waals surface area contributed by atoms with Gasteiger partial charge in [-0.3, -0.25) is 19.2 Å². The Bertz CT molecular complexity index is 865. The highest BCUT2D eigenvalue weighted by molar-refractivity contribution is 5.77. The maximum Gasteiger partial charge on any atom is 0.321 e. The van der Waals surface area contributed by atoms with Crippen LogP contribution in [-0.2, 0) is 30.3 Å². The Morgan fingerprint density at radius 2 is 1.43 bits per heavy atom. The molecule has 0 heterocycles. The molecule has 9 heteroatoms. The average Bonchev–Trinajstić information content (AvgIpc) is 2.74. The van der Waals surface area contributed by atoms with Gasteiger partial charge in [0.1, 0.15) is 12.1 Å². The number of rotatable bonds is 15. The van der Waals surface area contributed by atoms with Crippen LogP contribution in [0.5, 0.6) is 11.5 Å². The van der Waals surface area contributed by atoms with E-state index in [1.165, 1.54) is 19.1 Å². The predicted molar refractivity (Wildman–Crippen MR) is 130 cm³/mol. The zero-order chi connectivity index (χ0) is 26.5. The van der Waals surface area contributed by atoms with E-state index in [2.05, 4.69) is 5.32 Å². The molecule has 0 spiro atoms. The molecule has 0 aliphatic heterocycles. The molecule has 2 N–H and O–H groups in total. The van der Waals surface area contributed by atoms with Crippen molar-refractivity contribution in [3.05, 3.63) is 23.8 Å². The number of carboxylic acid groups (broad SMARTS) is 1. The number of esters is 3. The van der Waals surface area contributed by atoms with E-state index >= 15 is 0 Å². The van der Waals surface area contributed by atoms with Crippen molar-refractivity contribution in [1.29, 1.82) is 0 Å². The van der Waals surface area contributed by atoms with Gasteiger partial charge in [-0.2, -0.15) is 0 Å². The third-order valence-corrected chi connectivity index (χ3v) is 5.06. The molecule has 0 fully saturated rings. The summed E-state index contributed by atoms with van der Waals surface area (Å²) >= 11 is 0. The van der Waals surface area contributed by atoms with Gasteiger partial charge in [0.05, 0.1) is 0 Å². The number of benzene rings is 1. The van der Waals surface area contributed by atoms with Gasteiger partial charge < -0.3 is 24.6 Å². The van der Waals surface area contributed by atoms with Crippen LogP contribution in [0.1, 0.15) is 72.8 Å². The number of carbonyl (C=O) groups excluding carboxylic acids is 3. The first-order valence-electron chi connectivity index (χ1n) is 12.0. The Hall–Kier alpha value is -2.94. The summed E-state index contributed by atoms with van der Waals surface area (Å²) < 4.78 is 16.0. The van der Waals surface area contributed by atoms with E-state index in [1.807, 2.05) is 27.7 Å². The van der Waals surface area contributed by atoms with Crippen molar-refractivity contribution in [3.63, 3.8) is 0 Å². The fourth-order valence-corrected chi connectivity index (χ4v) is 3.12. The number of aliphatic carboxylic acids is 1. The van der Waals surface area contributed by atoms with Gasteiger partial charge in [-0.05, 0) is 55.7 Å². The lowest BCUT2D eigenvalue weighted by molar-refractivity contribution is -0.145. The fraction of sp³-hybridized carbons (Fsp3) is 0.615. The van der Waals surface area contributed by atoms with E-state index in [1.54, 1.807) is 13.0 Å². The number of ether oxygens (including phenoxy) is 3. The maximum absolute atomic E-state index is 12.4. The van der Waals surface area contributed by atoms with E-state index < -0.39 is 36.0 Å². The molecule has 0 aliphatic carbocycles. The molecule has 0 saturated carbocycles. The smallest absolute Gasteiger partial charge is 0.321 e. The molecule has 0 saturated heterocycles. The molecule has 2 atom stereocenters. The third kappa shape index (κ3) is 12.9. The Morgan fingerprint density at radius 1 is 0.886 bits per heavy atom. The summed E-state index contributed by atoms with van der Waals surface area (Å²) in [5.74, 6) is -1.58. The lowest BCUT2D eigenvalue weighted by Gasteiger charge is -2.19. The Labute approximate surface area is 207 Å². The second-order valence-corrected chi connectivity index (χ2v) is 9.52. The van der Waals surface area contributed by atoms with Crippen molar-refractivity contribution < 1.29 is 38.5 Å². The van der Waals surface area contributed by atoms with E-state index in [0.29, 0.717) is 30.2 Å². The van der Waals surface area contributed by atoms with Crippen LogP contribution in [0.4, 0.5) is 0 Å². The van der Waals surface area contributed by atoms with Gasteiger partial charge in [-0.1, -0.05) is 33.8 Å². The minimum Gasteiger partial charge on any atom is -0.480 e. The van der Waals surface area contributed by atoms with E-state index in [9.17, 15) is 24.3 Å². The minimum atomic E-state index is -1.08. The fourth-order valence-electron chi connectivity index (χ4n) is 3.12. The van der Waals surface area contributed by atoms with E-state index in [4.69, 9.17) is 14.2 Å². The summed E-state index contributed by atoms with van der Waals surface area (Å²) in [6, 6.07) is 3.68. The molecular weight excluding hydrogens is 454 g/mol. The van der Waals surface area contributed by atoms with Crippen LogP contribution in [-0.4, -0.2) is 47.7 Å². The molecule has 1 aromatic rings. The number of carbonyl (C=O) groups is 4. The average molecular weight is 494 g/mol. The largest absolute Gasteiger partial charge is 0.480 e. The topological polar surface area (TPSA) is 128 Å². The van der Waals surface area contributed by atoms with Crippen LogP contribution < -0.4 is 14.8 Å². The molecule has 1 rings (SSSR count). The molecule has 0 amide bonds. The first kappa shape index (κ1) is 30.1. The zero-order valence-corrected chi connectivity index (χ0v) is 21.6. The number of nitrogens with one attached hydrogen (secondary N) is 1. The maximum atomic E-state index is 12.4. The quantitative estimate of drug-likeness (QED) is 0.276. The Kier molecular flexibility index (Phi) is 13.0. The molecular formula is C26H39NO8. The second-order valence-electron chi connectivity index (χ2n) is 9.52. The molecule has 0 aromatic heterocycles. The van der Waals surface area contributed by atoms with Crippen molar-refractivity contribution in [2.24, 2.45) is 11.8 Å². The van der Waals surface area contributed by atoms with E-state index in [0.717, 1.165) is 0 Å². The van der Waals surface area contributed by atoms with Gasteiger partial charge in [-0.25, -0.2) is 0 Å². The normalized spacial score (nSPS) is 12.8. The SMILES string of the molecule is CC(=O)OC(C)CN[C@@H](Cc1ccc(OC(=O)CCC(C)C)c(OC(=O)CCC(C)C)c1)C(=O)O. The predicted octanol–water partition coefficient (Wildman–Crippen LogP) is 3.91. The van der Waals surface area contributed by atoms with Crippen molar-refractivity contribution in [2.45, 2.75) is 85.8 Å². The molecule has 196 valence electrons. The summed E-state index contributed by atoms with van der Waals surface area (Å²) in [5, 5.41) is 12.5. The van der Waals surface area contributed by atoms with Gasteiger partial charge in [-0.15, -0.1) is 0 Å². The van der Waals surface area contributed by atoms with Crippen LogP contribution in [0, 0.1) is 11.8 Å². The van der Waals surface area contributed by atoms with Crippen molar-refractivity contribution in [3.8, 4) is 11.5 Å². The van der Waals surface area contributed by atoms with Crippen LogP contribution in [0.25, 0.3) is 0 Å². The highest BCUT2D eigenvalue weighted by Gasteiger charge is 2.21. The monoisotopic (exact) mass is 493 g/mol. The highest BCUT2D eigenvalue weighted by Crippen LogP contribution is 2.30. The molecule has 35 heavy (non-hydrogen) atoms. The van der Waals surface area contributed by atoms with E-state index in [-0.39, 0.29) is 37.3 Å². The lowest BCUT2D eigenvalue weighted by Crippen LogP contribution is -2.42. The van der Waals surface area contributed by atoms with Crippen LogP contribution >= 0.6 is 0 Å². The summed E-state index contributed by atoms with van der Waals surface area (Å²) in [6.45, 7) is 11.1. The third-order valence-electron chi connectivity index (χ3n) is 5.06. The van der Waals surface area contributed by atoms with Crippen LogP contribution in [0.2, 0.25) is 0 Å². The van der Waals surface area contributed by atoms with Crippen LogP contribution in [0.15, 0.2) is 18.2 Å². The molecule has 1 unspecified atom stereocenters. The molecule has 0 aliphatic rings. The lowest BCUT2D eigenvalue weighted by atomic mass is 10.0. The van der Waals surface area contributed by atoms with Gasteiger partial charge in [0.2, 0.25) is 0 Å². The first-order valence-corrected chi connectivity index (χ1v) is 12.0. The van der Waals surface area contributed by atoms with Crippen molar-refractivity contribution >= 4 is 23.9 Å². The van der Waals surface area contributed by atoms with Gasteiger partial charge in [0, 0.05) is 26.3 Å². The van der Waals surface area contributed by atoms with Gasteiger partial charge >= 0.3 is 23.9 Å². The van der Waals surface area contributed by atoms with Gasteiger partial charge in [0.15, 0.2) is 11.5 Å². The molecule has 0 radical (unpaired) electrons. The number of hydrogen-bond acceptors (Lipinski definition) is 8. The zero-order valence-electron chi connectivity index (χ0n) is 21.6. The number of hydrogen-bond donors (Lipinski definition) is 2. The van der Waals surface area contributed by atoms with Gasteiger partial charge in [0.25, 0.3) is 0 Å². The summed E-state index contributed by atoms with van der Waals surface area (Å²) in [6.07, 6.45) is 1.31. The van der Waals surface area contributed by atoms with Crippen molar-refractivity contribution in [2.75, 3.05) is 6.54 Å². The summed E-state index contributed by atoms with van der Waals surface area (Å²) in [7, 11) is 0. The standard InChI is InChI=1S/C26H39NO8/c1-16(2)7-11-24(29)34-22-10-9-20(14-23(22)35-25(30)12-8-17(3)4)13-21(26(31)32)27-15-18(5)33-19(6)28/h9-10,14,16-18,21,27H,7-8,11-13,15H2,1-6H3,(H,31,32)/t18?,21-/m0/s1. The molecule has 0 bridgehead atoms. The highest BCUT2D eigenvalue weighted by atomic mass is 16.6. The summed E-state index contributed by atoms with van der Waals surface area (Å²) in [5.41, 5.74) is 0.568.